The van der Waals surface area contributed by atoms with Gasteiger partial charge in [-0.3, -0.25) is 9.59 Å². The van der Waals surface area contributed by atoms with Crippen LogP contribution in [-0.4, -0.2) is 49.1 Å². The summed E-state index contributed by atoms with van der Waals surface area (Å²) in [6.07, 6.45) is 2.43. The van der Waals surface area contributed by atoms with E-state index in [0.717, 1.165) is 6.42 Å². The zero-order valence-electron chi connectivity index (χ0n) is 13.7. The Kier molecular flexibility index (Phi) is 5.93. The lowest BCUT2D eigenvalue weighted by Gasteiger charge is -2.22. The van der Waals surface area contributed by atoms with Crippen LogP contribution in [0.5, 0.6) is 0 Å². The first-order valence-electron chi connectivity index (χ1n) is 7.85. The van der Waals surface area contributed by atoms with Gasteiger partial charge in [0, 0.05) is 26.6 Å². The Morgan fingerprint density at radius 1 is 1.43 bits per heavy atom. The van der Waals surface area contributed by atoms with E-state index in [2.05, 4.69) is 31.0 Å². The summed E-state index contributed by atoms with van der Waals surface area (Å²) >= 11 is 0. The molecule has 1 aromatic rings. The monoisotopic (exact) mass is 316 g/mol. The Morgan fingerprint density at radius 3 is 2.83 bits per heavy atom. The second kappa shape index (κ2) is 7.92. The maximum absolute atomic E-state index is 12.4. The minimum Gasteiger partial charge on any atom is -0.380 e. The molecule has 1 aliphatic rings. The summed E-state index contributed by atoms with van der Waals surface area (Å²) in [6, 6.07) is 7.63. The predicted octanol–water partition coefficient (Wildman–Crippen LogP) is 1.46. The van der Waals surface area contributed by atoms with Crippen LogP contribution in [0.3, 0.4) is 0 Å². The van der Waals surface area contributed by atoms with Crippen LogP contribution < -0.4 is 5.32 Å². The smallest absolute Gasteiger partial charge is 0.246 e. The highest BCUT2D eigenvalue weighted by Crippen LogP contribution is 2.20. The van der Waals surface area contributed by atoms with E-state index in [4.69, 9.17) is 4.74 Å². The van der Waals surface area contributed by atoms with Crippen LogP contribution in [-0.2, 0) is 20.7 Å². The van der Waals surface area contributed by atoms with Crippen LogP contribution in [0.1, 0.15) is 17.5 Å². The molecule has 1 saturated heterocycles. The quantitative estimate of drug-likeness (QED) is 0.808. The fraction of sp³-hybridized carbons (Fsp3) is 0.444. The van der Waals surface area contributed by atoms with Gasteiger partial charge in [0.1, 0.15) is 6.04 Å². The Morgan fingerprint density at radius 2 is 2.17 bits per heavy atom. The van der Waals surface area contributed by atoms with Gasteiger partial charge >= 0.3 is 0 Å². The summed E-state index contributed by atoms with van der Waals surface area (Å²) in [5.41, 5.74) is 2.43. The molecule has 23 heavy (non-hydrogen) atoms. The van der Waals surface area contributed by atoms with Gasteiger partial charge in [-0.2, -0.15) is 0 Å². The lowest BCUT2D eigenvalue weighted by Crippen LogP contribution is -2.45. The van der Waals surface area contributed by atoms with Crippen molar-refractivity contribution in [3.63, 3.8) is 0 Å². The Balaban J connectivity index is 1.92. The number of nitrogens with one attached hydrogen (secondary N) is 1. The summed E-state index contributed by atoms with van der Waals surface area (Å²) in [7, 11) is 1.60. The van der Waals surface area contributed by atoms with Crippen molar-refractivity contribution in [1.82, 2.24) is 10.2 Å². The van der Waals surface area contributed by atoms with Crippen molar-refractivity contribution in [2.45, 2.75) is 31.9 Å². The van der Waals surface area contributed by atoms with Gasteiger partial charge < -0.3 is 15.0 Å². The molecule has 1 heterocycles. The molecule has 124 valence electrons. The molecule has 1 aliphatic heterocycles. The first-order chi connectivity index (χ1) is 11.1. The zero-order valence-corrected chi connectivity index (χ0v) is 13.7. The van der Waals surface area contributed by atoms with E-state index >= 15 is 0 Å². The predicted molar refractivity (Wildman–Crippen MR) is 89.0 cm³/mol. The highest BCUT2D eigenvalue weighted by Gasteiger charge is 2.38. The molecule has 5 nitrogen and oxygen atoms in total. The van der Waals surface area contributed by atoms with Gasteiger partial charge in [-0.05, 0) is 30.5 Å². The molecule has 0 unspecified atom stereocenters. The number of methoxy groups -OCH3 is 1. The largest absolute Gasteiger partial charge is 0.380 e. The molecule has 0 bridgehead atoms. The molecule has 1 fully saturated rings. The maximum atomic E-state index is 12.4. The molecule has 0 spiro atoms. The first kappa shape index (κ1) is 17.2. The number of ether oxygens (including phenoxy) is 1. The van der Waals surface area contributed by atoms with E-state index in [1.54, 1.807) is 7.11 Å². The highest BCUT2D eigenvalue weighted by molar-refractivity contribution is 5.93. The maximum Gasteiger partial charge on any atom is 0.246 e. The van der Waals surface area contributed by atoms with Gasteiger partial charge in [0.05, 0.1) is 6.10 Å². The molecule has 1 N–H and O–H groups in total. The Labute approximate surface area is 137 Å². The molecule has 2 rings (SSSR count). The van der Waals surface area contributed by atoms with Crippen molar-refractivity contribution >= 4 is 11.8 Å². The fourth-order valence-electron chi connectivity index (χ4n) is 2.91. The molecule has 0 aliphatic carbocycles. The number of rotatable bonds is 6. The number of likely N-dealkylation sites (tertiary alicyclic amines) is 1. The second-order valence-corrected chi connectivity index (χ2v) is 5.77. The lowest BCUT2D eigenvalue weighted by molar-refractivity contribution is -0.135. The van der Waals surface area contributed by atoms with Gasteiger partial charge in [0.25, 0.3) is 0 Å². The van der Waals surface area contributed by atoms with Gasteiger partial charge in [0.2, 0.25) is 11.8 Å². The van der Waals surface area contributed by atoms with Gasteiger partial charge in [-0.25, -0.2) is 0 Å². The topological polar surface area (TPSA) is 58.6 Å². The number of hydrogen-bond donors (Lipinski definition) is 1. The van der Waals surface area contributed by atoms with Crippen molar-refractivity contribution in [2.75, 3.05) is 20.2 Å². The molecule has 1 aromatic carbocycles. The van der Waals surface area contributed by atoms with Gasteiger partial charge in [-0.1, -0.05) is 30.8 Å². The van der Waals surface area contributed by atoms with E-state index in [0.29, 0.717) is 19.5 Å². The molecule has 0 radical (unpaired) electrons. The van der Waals surface area contributed by atoms with E-state index in [9.17, 15) is 9.59 Å². The summed E-state index contributed by atoms with van der Waals surface area (Å²) in [6.45, 7) is 6.53. The Bertz CT molecular complexity index is 585. The van der Waals surface area contributed by atoms with Crippen molar-refractivity contribution < 1.29 is 14.3 Å². The normalized spacial score (nSPS) is 20.3. The third kappa shape index (κ3) is 4.20. The van der Waals surface area contributed by atoms with Crippen molar-refractivity contribution in [2.24, 2.45) is 0 Å². The first-order valence-corrected chi connectivity index (χ1v) is 7.85. The SMILES string of the molecule is C=CC(=O)N1C[C@@H](OC)C[C@H]1C(=O)NCCc1ccccc1C. The van der Waals surface area contributed by atoms with E-state index in [1.165, 1.54) is 22.1 Å². The standard InChI is InChI=1S/C18H24N2O3/c1-4-17(21)20-12-15(23-3)11-16(20)18(22)19-10-9-14-8-6-5-7-13(14)2/h4-8,15-16H,1,9-12H2,2-3H3,(H,19,22)/t15-,16-/m0/s1. The minimum absolute atomic E-state index is 0.106. The van der Waals surface area contributed by atoms with E-state index in [-0.39, 0.29) is 17.9 Å². The number of carbonyl (C=O) groups excluding carboxylic acids is 2. The number of hydrogen-bond acceptors (Lipinski definition) is 3. The number of carbonyl (C=O) groups is 2. The van der Waals surface area contributed by atoms with Crippen molar-refractivity contribution in [1.29, 1.82) is 0 Å². The molecule has 2 atom stereocenters. The van der Waals surface area contributed by atoms with Crippen LogP contribution in [0.25, 0.3) is 0 Å². The average molecular weight is 316 g/mol. The zero-order chi connectivity index (χ0) is 16.8. The molecule has 0 aromatic heterocycles. The van der Waals surface area contributed by atoms with E-state index in [1.807, 2.05) is 12.1 Å². The summed E-state index contributed by atoms with van der Waals surface area (Å²) in [4.78, 5) is 25.9. The molecule has 5 heteroatoms. The summed E-state index contributed by atoms with van der Waals surface area (Å²) in [5, 5.41) is 2.93. The average Bonchev–Trinajstić information content (AvgIpc) is 3.00. The molecule has 0 saturated carbocycles. The number of amides is 2. The third-order valence-electron chi connectivity index (χ3n) is 4.31. The fourth-order valence-corrected chi connectivity index (χ4v) is 2.91. The van der Waals surface area contributed by atoms with Crippen LogP contribution in [0.2, 0.25) is 0 Å². The Hall–Kier alpha value is -2.14. The number of aryl methyl sites for hydroxylation is 1. The summed E-state index contributed by atoms with van der Waals surface area (Å²) in [5.74, 6) is -0.364. The van der Waals surface area contributed by atoms with Gasteiger partial charge in [0.15, 0.2) is 0 Å². The van der Waals surface area contributed by atoms with Crippen LogP contribution in [0, 0.1) is 6.92 Å². The number of nitrogens with zero attached hydrogens (tertiary/aromatic N) is 1. The highest BCUT2D eigenvalue weighted by atomic mass is 16.5. The van der Waals surface area contributed by atoms with Crippen molar-refractivity contribution in [3.05, 3.63) is 48.0 Å². The molecular weight excluding hydrogens is 292 g/mol. The van der Waals surface area contributed by atoms with Gasteiger partial charge in [-0.15, -0.1) is 0 Å². The van der Waals surface area contributed by atoms with Crippen LogP contribution in [0.15, 0.2) is 36.9 Å². The van der Waals surface area contributed by atoms with E-state index < -0.39 is 6.04 Å². The third-order valence-corrected chi connectivity index (χ3v) is 4.31. The summed E-state index contributed by atoms with van der Waals surface area (Å²) < 4.78 is 5.30. The van der Waals surface area contributed by atoms with Crippen molar-refractivity contribution in [3.8, 4) is 0 Å². The molecule has 2 amide bonds. The second-order valence-electron chi connectivity index (χ2n) is 5.77. The van der Waals surface area contributed by atoms with Crippen LogP contribution >= 0.6 is 0 Å². The number of benzene rings is 1. The minimum atomic E-state index is -0.484. The lowest BCUT2D eigenvalue weighted by atomic mass is 10.1. The molecular formula is C18H24N2O3. The van der Waals surface area contributed by atoms with Crippen LogP contribution in [0.4, 0.5) is 0 Å².